The summed E-state index contributed by atoms with van der Waals surface area (Å²) < 4.78 is 32.5. The molecule has 0 aromatic heterocycles. The van der Waals surface area contributed by atoms with E-state index in [1.807, 2.05) is 30.3 Å². The maximum Gasteiger partial charge on any atom is 0.231 e. The van der Waals surface area contributed by atoms with Gasteiger partial charge in [-0.2, -0.15) is 0 Å². The average Bonchev–Trinajstić information content (AvgIpc) is 3.38. The molecule has 0 amide bonds. The van der Waals surface area contributed by atoms with Crippen LogP contribution >= 0.6 is 0 Å². The second-order valence-electron chi connectivity index (χ2n) is 7.61. The number of ether oxygens (including phenoxy) is 6. The third-order valence-electron chi connectivity index (χ3n) is 5.66. The zero-order chi connectivity index (χ0) is 24.9. The molecule has 1 heterocycles. The molecule has 35 heavy (non-hydrogen) atoms. The van der Waals surface area contributed by atoms with E-state index in [1.54, 1.807) is 52.7 Å². The van der Waals surface area contributed by atoms with Crippen molar-refractivity contribution in [1.82, 2.24) is 0 Å². The third kappa shape index (κ3) is 4.80. The lowest BCUT2D eigenvalue weighted by Crippen LogP contribution is -1.98. The van der Waals surface area contributed by atoms with E-state index in [-0.39, 0.29) is 12.6 Å². The molecular formula is C28H26O7. The first-order chi connectivity index (χ1) is 17.0. The normalized spacial score (nSPS) is 11.9. The van der Waals surface area contributed by atoms with Crippen LogP contribution in [0, 0.1) is 0 Å². The Kier molecular flexibility index (Phi) is 6.96. The summed E-state index contributed by atoms with van der Waals surface area (Å²) >= 11 is 0. The predicted molar refractivity (Wildman–Crippen MR) is 133 cm³/mol. The largest absolute Gasteiger partial charge is 0.496 e. The van der Waals surface area contributed by atoms with Crippen LogP contribution in [0.4, 0.5) is 0 Å². The van der Waals surface area contributed by atoms with E-state index in [9.17, 15) is 4.79 Å². The summed E-state index contributed by atoms with van der Waals surface area (Å²) in [5, 5.41) is 0. The molecule has 0 atom stereocenters. The molecule has 0 bridgehead atoms. The number of allylic oxidation sites excluding steroid dienone is 1. The van der Waals surface area contributed by atoms with Crippen LogP contribution in [0.3, 0.4) is 0 Å². The van der Waals surface area contributed by atoms with Gasteiger partial charge in [0, 0.05) is 11.1 Å². The van der Waals surface area contributed by atoms with E-state index < -0.39 is 0 Å². The van der Waals surface area contributed by atoms with Gasteiger partial charge in [-0.15, -0.1) is 0 Å². The fraction of sp³-hybridized carbons (Fsp3) is 0.179. The highest BCUT2D eigenvalue weighted by Crippen LogP contribution is 2.41. The van der Waals surface area contributed by atoms with Gasteiger partial charge in [-0.25, -0.2) is 0 Å². The molecule has 0 radical (unpaired) electrons. The van der Waals surface area contributed by atoms with Crippen LogP contribution in [0.2, 0.25) is 0 Å². The lowest BCUT2D eigenvalue weighted by Gasteiger charge is -2.16. The highest BCUT2D eigenvalue weighted by Gasteiger charge is 2.17. The number of rotatable bonds is 9. The first-order valence-electron chi connectivity index (χ1n) is 10.8. The molecule has 1 aliphatic heterocycles. The van der Waals surface area contributed by atoms with Gasteiger partial charge in [0.1, 0.15) is 5.75 Å². The number of hydrogen-bond acceptors (Lipinski definition) is 7. The molecule has 0 unspecified atom stereocenters. The van der Waals surface area contributed by atoms with Gasteiger partial charge in [0.15, 0.2) is 28.8 Å². The number of methoxy groups -OCH3 is 4. The predicted octanol–water partition coefficient (Wildman–Crippen LogP) is 5.41. The van der Waals surface area contributed by atoms with Crippen molar-refractivity contribution >= 4 is 17.4 Å². The van der Waals surface area contributed by atoms with E-state index >= 15 is 0 Å². The fourth-order valence-electron chi connectivity index (χ4n) is 3.79. The van der Waals surface area contributed by atoms with Gasteiger partial charge in [-0.3, -0.25) is 4.79 Å². The van der Waals surface area contributed by atoms with Gasteiger partial charge < -0.3 is 28.4 Å². The lowest BCUT2D eigenvalue weighted by molar-refractivity contribution is 0.104. The Hall–Kier alpha value is -4.39. The van der Waals surface area contributed by atoms with E-state index in [1.165, 1.54) is 6.08 Å². The summed E-state index contributed by atoms with van der Waals surface area (Å²) in [6.07, 6.45) is 3.22. The second kappa shape index (κ2) is 10.3. The van der Waals surface area contributed by atoms with Gasteiger partial charge in [0.25, 0.3) is 0 Å². The van der Waals surface area contributed by atoms with Crippen LogP contribution in [0.15, 0.2) is 61.2 Å². The van der Waals surface area contributed by atoms with Crippen molar-refractivity contribution in [2.45, 2.75) is 0 Å². The fourth-order valence-corrected chi connectivity index (χ4v) is 3.79. The van der Waals surface area contributed by atoms with Crippen LogP contribution in [-0.4, -0.2) is 41.0 Å². The van der Waals surface area contributed by atoms with Crippen LogP contribution in [-0.2, 0) is 0 Å². The Balaban J connectivity index is 1.64. The molecule has 4 rings (SSSR count). The smallest absolute Gasteiger partial charge is 0.231 e. The Labute approximate surface area is 204 Å². The molecule has 0 N–H and O–H groups in total. The monoisotopic (exact) mass is 474 g/mol. The quantitative estimate of drug-likeness (QED) is 0.303. The molecule has 3 aromatic carbocycles. The molecule has 0 saturated carbocycles. The number of ketones is 1. The summed E-state index contributed by atoms with van der Waals surface area (Å²) in [5.74, 6) is 3.22. The second-order valence-corrected chi connectivity index (χ2v) is 7.61. The topological polar surface area (TPSA) is 72.5 Å². The van der Waals surface area contributed by atoms with Crippen LogP contribution < -0.4 is 28.4 Å². The summed E-state index contributed by atoms with van der Waals surface area (Å²) in [4.78, 5) is 12.8. The number of fused-ring (bicyclic) bond motifs is 1. The molecule has 0 saturated heterocycles. The van der Waals surface area contributed by atoms with Gasteiger partial charge in [-0.1, -0.05) is 12.6 Å². The van der Waals surface area contributed by atoms with Gasteiger partial charge in [-0.05, 0) is 71.3 Å². The number of hydrogen-bond donors (Lipinski definition) is 0. The molecule has 1 aliphatic rings. The minimum atomic E-state index is -0.167. The molecule has 7 heteroatoms. The first kappa shape index (κ1) is 23.8. The standard InChI is InChI=1S/C28H26O7/c1-17(21-14-26(31-3)28(33-5)27(15-21)32-4)18-7-10-23(30-2)20(12-18)6-9-22(29)19-8-11-24-25(13-19)35-16-34-24/h6-15H,1,16H2,2-5H3/b9-6+. The highest BCUT2D eigenvalue weighted by atomic mass is 16.7. The Morgan fingerprint density at radius 1 is 0.771 bits per heavy atom. The molecule has 0 fully saturated rings. The molecule has 0 aliphatic carbocycles. The molecule has 180 valence electrons. The Morgan fingerprint density at radius 2 is 1.43 bits per heavy atom. The van der Waals surface area contributed by atoms with Crippen molar-refractivity contribution in [2.24, 2.45) is 0 Å². The molecule has 3 aromatic rings. The van der Waals surface area contributed by atoms with Crippen LogP contribution in [0.5, 0.6) is 34.5 Å². The maximum atomic E-state index is 12.8. The average molecular weight is 475 g/mol. The maximum absolute atomic E-state index is 12.8. The lowest BCUT2D eigenvalue weighted by atomic mass is 9.96. The van der Waals surface area contributed by atoms with Crippen molar-refractivity contribution in [1.29, 1.82) is 0 Å². The SMILES string of the molecule is C=C(c1ccc(OC)c(/C=C/C(=O)c2ccc3c(c2)OCO3)c1)c1cc(OC)c(OC)c(OC)c1. The van der Waals surface area contributed by atoms with Crippen LogP contribution in [0.1, 0.15) is 27.0 Å². The van der Waals surface area contributed by atoms with Gasteiger partial charge in [0.05, 0.1) is 28.4 Å². The highest BCUT2D eigenvalue weighted by molar-refractivity contribution is 6.07. The van der Waals surface area contributed by atoms with Crippen LogP contribution in [0.25, 0.3) is 11.6 Å². The number of benzene rings is 3. The summed E-state index contributed by atoms with van der Waals surface area (Å²) in [6.45, 7) is 4.42. The van der Waals surface area contributed by atoms with E-state index in [0.717, 1.165) is 22.3 Å². The first-order valence-corrected chi connectivity index (χ1v) is 10.8. The minimum Gasteiger partial charge on any atom is -0.496 e. The van der Waals surface area contributed by atoms with Crippen molar-refractivity contribution in [3.63, 3.8) is 0 Å². The molecular weight excluding hydrogens is 448 g/mol. The molecule has 0 spiro atoms. The van der Waals surface area contributed by atoms with E-state index in [2.05, 4.69) is 6.58 Å². The minimum absolute atomic E-state index is 0.155. The van der Waals surface area contributed by atoms with Crippen molar-refractivity contribution in [3.8, 4) is 34.5 Å². The Bertz CT molecular complexity index is 1280. The summed E-state index contributed by atoms with van der Waals surface area (Å²) in [6, 6.07) is 14.4. The van der Waals surface area contributed by atoms with Gasteiger partial charge >= 0.3 is 0 Å². The van der Waals surface area contributed by atoms with E-state index in [4.69, 9.17) is 28.4 Å². The van der Waals surface area contributed by atoms with Crippen molar-refractivity contribution in [2.75, 3.05) is 35.2 Å². The summed E-state index contributed by atoms with van der Waals surface area (Å²) in [7, 11) is 6.27. The summed E-state index contributed by atoms with van der Waals surface area (Å²) in [5.41, 5.74) is 3.62. The van der Waals surface area contributed by atoms with Gasteiger partial charge in [0.2, 0.25) is 12.5 Å². The van der Waals surface area contributed by atoms with Crippen molar-refractivity contribution in [3.05, 3.63) is 83.4 Å². The zero-order valence-electron chi connectivity index (χ0n) is 20.0. The van der Waals surface area contributed by atoms with Crippen molar-refractivity contribution < 1.29 is 33.2 Å². The molecule has 7 nitrogen and oxygen atoms in total. The number of carbonyl (C=O) groups is 1. The Morgan fingerprint density at radius 3 is 2.09 bits per heavy atom. The van der Waals surface area contributed by atoms with E-state index in [0.29, 0.717) is 40.1 Å². The number of carbonyl (C=O) groups excluding carboxylic acids is 1. The zero-order valence-corrected chi connectivity index (χ0v) is 20.0. The third-order valence-corrected chi connectivity index (χ3v) is 5.66.